The van der Waals surface area contributed by atoms with Crippen LogP contribution in [0.5, 0.6) is 0 Å². The molecule has 2 aliphatic rings. The van der Waals surface area contributed by atoms with Gasteiger partial charge in [-0.2, -0.15) is 0 Å². The summed E-state index contributed by atoms with van der Waals surface area (Å²) in [6, 6.07) is 0.0203. The lowest BCUT2D eigenvalue weighted by molar-refractivity contribution is -0.137. The van der Waals surface area contributed by atoms with Crippen molar-refractivity contribution in [2.75, 3.05) is 40.3 Å². The fourth-order valence-electron chi connectivity index (χ4n) is 2.97. The predicted octanol–water partition coefficient (Wildman–Crippen LogP) is 0.149. The van der Waals surface area contributed by atoms with E-state index in [0.29, 0.717) is 12.5 Å². The Kier molecular flexibility index (Phi) is 3.75. The second kappa shape index (κ2) is 5.14. The summed E-state index contributed by atoms with van der Waals surface area (Å²) in [4.78, 5) is 28.1. The number of amides is 2. The Bertz CT molecular complexity index is 339. The van der Waals surface area contributed by atoms with Gasteiger partial charge in [0.05, 0.1) is 6.04 Å². The van der Waals surface area contributed by atoms with Gasteiger partial charge in [0.1, 0.15) is 6.54 Å². The van der Waals surface area contributed by atoms with E-state index >= 15 is 0 Å². The molecule has 0 aromatic rings. The van der Waals surface area contributed by atoms with Crippen LogP contribution in [0.1, 0.15) is 12.8 Å². The minimum Gasteiger partial charge on any atom is -0.480 e. The van der Waals surface area contributed by atoms with Gasteiger partial charge in [0.2, 0.25) is 0 Å². The smallest absolute Gasteiger partial charge is 0.323 e. The number of carbonyl (C=O) groups is 2. The highest BCUT2D eigenvalue weighted by molar-refractivity contribution is 5.82. The van der Waals surface area contributed by atoms with E-state index in [9.17, 15) is 9.59 Å². The molecular weight excluding hydrogens is 234 g/mol. The molecule has 2 heterocycles. The molecule has 0 spiro atoms. The van der Waals surface area contributed by atoms with Crippen LogP contribution >= 0.6 is 0 Å². The molecule has 0 saturated carbocycles. The van der Waals surface area contributed by atoms with E-state index in [1.165, 1.54) is 4.90 Å². The van der Waals surface area contributed by atoms with Gasteiger partial charge in [-0.25, -0.2) is 4.79 Å². The Balaban J connectivity index is 1.98. The van der Waals surface area contributed by atoms with Gasteiger partial charge in [-0.15, -0.1) is 0 Å². The van der Waals surface area contributed by atoms with Crippen molar-refractivity contribution in [3.63, 3.8) is 0 Å². The van der Waals surface area contributed by atoms with Crippen LogP contribution in [0.2, 0.25) is 0 Å². The third kappa shape index (κ3) is 2.58. The molecular formula is C12H21N3O3. The Morgan fingerprint density at radius 1 is 1.33 bits per heavy atom. The molecule has 6 heteroatoms. The molecule has 0 radical (unpaired) electrons. The Hall–Kier alpha value is -1.30. The van der Waals surface area contributed by atoms with Gasteiger partial charge >= 0.3 is 12.0 Å². The number of nitrogens with zero attached hydrogens (tertiary/aromatic N) is 3. The maximum atomic E-state index is 11.9. The van der Waals surface area contributed by atoms with Gasteiger partial charge in [-0.3, -0.25) is 4.79 Å². The molecule has 0 bridgehead atoms. The molecule has 0 aliphatic carbocycles. The Morgan fingerprint density at radius 3 is 2.50 bits per heavy atom. The number of rotatable bonds is 3. The number of hydrogen-bond donors (Lipinski definition) is 1. The minimum atomic E-state index is -0.944. The normalized spacial score (nSPS) is 27.0. The number of aliphatic carboxylic acids is 1. The van der Waals surface area contributed by atoms with Crippen molar-refractivity contribution >= 4 is 12.0 Å². The third-order valence-electron chi connectivity index (χ3n) is 4.11. The van der Waals surface area contributed by atoms with E-state index in [-0.39, 0.29) is 18.6 Å². The summed E-state index contributed by atoms with van der Waals surface area (Å²) in [6.07, 6.45) is 2.17. The van der Waals surface area contributed by atoms with E-state index in [2.05, 4.69) is 11.9 Å². The molecule has 2 saturated heterocycles. The molecule has 2 amide bonds. The highest BCUT2D eigenvalue weighted by atomic mass is 16.4. The van der Waals surface area contributed by atoms with Crippen LogP contribution in [0.3, 0.4) is 0 Å². The number of carboxylic acids is 1. The highest BCUT2D eigenvalue weighted by Gasteiger charge is 2.40. The summed E-state index contributed by atoms with van der Waals surface area (Å²) >= 11 is 0. The van der Waals surface area contributed by atoms with Crippen molar-refractivity contribution in [1.29, 1.82) is 0 Å². The summed E-state index contributed by atoms with van der Waals surface area (Å²) in [5.41, 5.74) is 0. The largest absolute Gasteiger partial charge is 0.480 e. The number of likely N-dealkylation sites (N-methyl/N-ethyl adjacent to an activating group) is 1. The summed E-state index contributed by atoms with van der Waals surface area (Å²) in [5.74, 6) is -0.449. The van der Waals surface area contributed by atoms with Gasteiger partial charge in [0.15, 0.2) is 0 Å². The first-order valence-corrected chi connectivity index (χ1v) is 6.41. The molecule has 2 aliphatic heterocycles. The highest BCUT2D eigenvalue weighted by Crippen LogP contribution is 2.27. The number of urea groups is 1. The zero-order valence-electron chi connectivity index (χ0n) is 11.0. The number of hydrogen-bond acceptors (Lipinski definition) is 3. The lowest BCUT2D eigenvalue weighted by Crippen LogP contribution is -2.42. The monoisotopic (exact) mass is 255 g/mol. The van der Waals surface area contributed by atoms with E-state index < -0.39 is 5.97 Å². The summed E-state index contributed by atoms with van der Waals surface area (Å²) in [6.45, 7) is 2.48. The fourth-order valence-corrected chi connectivity index (χ4v) is 2.97. The van der Waals surface area contributed by atoms with E-state index in [1.54, 1.807) is 11.9 Å². The van der Waals surface area contributed by atoms with Crippen molar-refractivity contribution in [2.45, 2.75) is 18.9 Å². The SMILES string of the molecule is CN1CCC(C2CN(CC(=O)O)C(=O)N2C)CC1. The summed E-state index contributed by atoms with van der Waals surface area (Å²) < 4.78 is 0. The summed E-state index contributed by atoms with van der Waals surface area (Å²) in [5, 5.41) is 8.79. The number of carboxylic acid groups (broad SMARTS) is 1. The maximum absolute atomic E-state index is 11.9. The molecule has 6 nitrogen and oxygen atoms in total. The zero-order chi connectivity index (χ0) is 13.3. The zero-order valence-corrected chi connectivity index (χ0v) is 11.0. The standard InChI is InChI=1S/C12H21N3O3/c1-13-5-3-9(4-6-13)10-7-15(8-11(16)17)12(18)14(10)2/h9-10H,3-8H2,1-2H3,(H,16,17). The Labute approximate surface area is 107 Å². The first-order valence-electron chi connectivity index (χ1n) is 6.41. The molecule has 1 atom stereocenters. The number of likely N-dealkylation sites (tertiary alicyclic amines) is 1. The van der Waals surface area contributed by atoms with Crippen LogP contribution < -0.4 is 0 Å². The van der Waals surface area contributed by atoms with Crippen LogP contribution in [-0.4, -0.2) is 78.1 Å². The van der Waals surface area contributed by atoms with E-state index in [4.69, 9.17) is 5.11 Å². The second-order valence-corrected chi connectivity index (χ2v) is 5.38. The molecule has 1 unspecified atom stereocenters. The van der Waals surface area contributed by atoms with Crippen LogP contribution in [0.15, 0.2) is 0 Å². The molecule has 0 aromatic heterocycles. The Morgan fingerprint density at radius 2 is 1.94 bits per heavy atom. The first-order chi connectivity index (χ1) is 8.49. The molecule has 1 N–H and O–H groups in total. The van der Waals surface area contributed by atoms with E-state index in [0.717, 1.165) is 25.9 Å². The maximum Gasteiger partial charge on any atom is 0.323 e. The van der Waals surface area contributed by atoms with Gasteiger partial charge in [-0.1, -0.05) is 0 Å². The van der Waals surface area contributed by atoms with E-state index in [1.807, 2.05) is 0 Å². The summed E-state index contributed by atoms with van der Waals surface area (Å²) in [7, 11) is 3.89. The third-order valence-corrected chi connectivity index (χ3v) is 4.11. The van der Waals surface area contributed by atoms with Crippen molar-refractivity contribution in [1.82, 2.24) is 14.7 Å². The van der Waals surface area contributed by atoms with Gasteiger partial charge in [-0.05, 0) is 38.9 Å². The van der Waals surface area contributed by atoms with Crippen molar-refractivity contribution in [3.05, 3.63) is 0 Å². The lowest BCUT2D eigenvalue weighted by atomic mass is 9.89. The quantitative estimate of drug-likeness (QED) is 0.779. The fraction of sp³-hybridized carbons (Fsp3) is 0.833. The van der Waals surface area contributed by atoms with Crippen molar-refractivity contribution < 1.29 is 14.7 Å². The average molecular weight is 255 g/mol. The topological polar surface area (TPSA) is 64.1 Å². The molecule has 102 valence electrons. The molecule has 0 aromatic carbocycles. The van der Waals surface area contributed by atoms with Crippen LogP contribution in [-0.2, 0) is 4.79 Å². The predicted molar refractivity (Wildman–Crippen MR) is 66.4 cm³/mol. The second-order valence-electron chi connectivity index (χ2n) is 5.38. The van der Waals surface area contributed by atoms with Crippen molar-refractivity contribution in [3.8, 4) is 0 Å². The van der Waals surface area contributed by atoms with Gasteiger partial charge < -0.3 is 19.8 Å². The number of carbonyl (C=O) groups excluding carboxylic acids is 1. The van der Waals surface area contributed by atoms with Crippen LogP contribution in [0.4, 0.5) is 4.79 Å². The van der Waals surface area contributed by atoms with Gasteiger partial charge in [0.25, 0.3) is 0 Å². The number of piperidine rings is 1. The molecule has 18 heavy (non-hydrogen) atoms. The minimum absolute atomic E-state index is 0.152. The average Bonchev–Trinajstić information content (AvgIpc) is 2.58. The first kappa shape index (κ1) is 13.1. The van der Waals surface area contributed by atoms with Gasteiger partial charge in [0, 0.05) is 13.6 Å². The molecule has 2 rings (SSSR count). The van der Waals surface area contributed by atoms with Crippen molar-refractivity contribution in [2.24, 2.45) is 5.92 Å². The molecule has 2 fully saturated rings. The van der Waals surface area contributed by atoms with Crippen LogP contribution in [0, 0.1) is 5.92 Å². The lowest BCUT2D eigenvalue weighted by Gasteiger charge is -2.34. The van der Waals surface area contributed by atoms with Crippen LogP contribution in [0.25, 0.3) is 0 Å².